The van der Waals surface area contributed by atoms with E-state index in [-0.39, 0.29) is 5.54 Å². The second-order valence-electron chi connectivity index (χ2n) is 5.67. The zero-order chi connectivity index (χ0) is 13.9. The fourth-order valence-electron chi connectivity index (χ4n) is 2.21. The number of β-amino-alcohol motifs (C(OH)–C–C–N with tert-alkyl or cyclic N) is 1. The van der Waals surface area contributed by atoms with Crippen LogP contribution in [0.4, 0.5) is 0 Å². The first kappa shape index (κ1) is 14.6. The number of hydrogen-bond acceptors (Lipinski definition) is 3. The number of aliphatic hydroxyl groups excluding tert-OH is 1. The van der Waals surface area contributed by atoms with E-state index >= 15 is 0 Å². The Balaban J connectivity index is 1.73. The highest BCUT2D eigenvalue weighted by Crippen LogP contribution is 2.30. The van der Waals surface area contributed by atoms with Crippen molar-refractivity contribution in [2.45, 2.75) is 44.8 Å². The maximum atomic E-state index is 9.90. The Labute approximate surface area is 119 Å². The van der Waals surface area contributed by atoms with Crippen molar-refractivity contribution < 1.29 is 9.84 Å². The smallest absolute Gasteiger partial charge is 0.119 e. The van der Waals surface area contributed by atoms with Crippen LogP contribution in [0.2, 0.25) is 5.02 Å². The van der Waals surface area contributed by atoms with Gasteiger partial charge in [-0.3, -0.25) is 0 Å². The first-order valence-electron chi connectivity index (χ1n) is 6.81. The van der Waals surface area contributed by atoms with E-state index in [1.165, 1.54) is 19.3 Å². The Morgan fingerprint density at radius 2 is 2.21 bits per heavy atom. The molecule has 1 aliphatic rings. The molecule has 0 spiro atoms. The minimum Gasteiger partial charge on any atom is -0.491 e. The van der Waals surface area contributed by atoms with E-state index in [1.54, 1.807) is 0 Å². The van der Waals surface area contributed by atoms with Crippen LogP contribution in [0.15, 0.2) is 18.2 Å². The van der Waals surface area contributed by atoms with E-state index in [1.807, 2.05) is 25.1 Å². The number of nitrogens with one attached hydrogen (secondary N) is 1. The van der Waals surface area contributed by atoms with Gasteiger partial charge in [-0.15, -0.1) is 0 Å². The number of aliphatic hydroxyl groups is 1. The fourth-order valence-corrected chi connectivity index (χ4v) is 2.32. The molecule has 0 aromatic heterocycles. The summed E-state index contributed by atoms with van der Waals surface area (Å²) in [5.41, 5.74) is 1.20. The average Bonchev–Trinajstić information content (AvgIpc) is 2.35. The lowest BCUT2D eigenvalue weighted by atomic mass is 9.78. The minimum atomic E-state index is -0.492. The SMILES string of the molecule is Cc1cc(OCC(O)CNC2(C)CCC2)ccc1Cl. The number of halogens is 1. The molecule has 1 saturated carbocycles. The van der Waals surface area contributed by atoms with Crippen molar-refractivity contribution in [2.75, 3.05) is 13.2 Å². The summed E-state index contributed by atoms with van der Waals surface area (Å²) in [6.45, 7) is 5.00. The molecule has 0 amide bonds. The van der Waals surface area contributed by atoms with Gasteiger partial charge < -0.3 is 15.2 Å². The molecule has 1 atom stereocenters. The van der Waals surface area contributed by atoms with E-state index in [2.05, 4.69) is 12.2 Å². The first-order valence-corrected chi connectivity index (χ1v) is 7.18. The molecule has 3 nitrogen and oxygen atoms in total. The summed E-state index contributed by atoms with van der Waals surface area (Å²) in [7, 11) is 0. The summed E-state index contributed by atoms with van der Waals surface area (Å²) < 4.78 is 5.57. The molecule has 2 rings (SSSR count). The number of rotatable bonds is 6. The second kappa shape index (κ2) is 6.12. The predicted molar refractivity (Wildman–Crippen MR) is 77.9 cm³/mol. The Bertz CT molecular complexity index is 432. The third kappa shape index (κ3) is 4.10. The van der Waals surface area contributed by atoms with Gasteiger partial charge in [0.2, 0.25) is 0 Å². The van der Waals surface area contributed by atoms with E-state index in [4.69, 9.17) is 16.3 Å². The van der Waals surface area contributed by atoms with Gasteiger partial charge in [0, 0.05) is 17.1 Å². The Kier molecular flexibility index (Phi) is 4.71. The van der Waals surface area contributed by atoms with Crippen LogP contribution in [0.25, 0.3) is 0 Å². The van der Waals surface area contributed by atoms with Crippen molar-refractivity contribution in [2.24, 2.45) is 0 Å². The van der Waals surface area contributed by atoms with Gasteiger partial charge >= 0.3 is 0 Å². The molecule has 1 aromatic carbocycles. The number of benzene rings is 1. The van der Waals surface area contributed by atoms with Crippen molar-refractivity contribution in [3.63, 3.8) is 0 Å². The zero-order valence-electron chi connectivity index (χ0n) is 11.6. The number of ether oxygens (including phenoxy) is 1. The van der Waals surface area contributed by atoms with Gasteiger partial charge in [0.1, 0.15) is 18.5 Å². The fraction of sp³-hybridized carbons (Fsp3) is 0.600. The maximum absolute atomic E-state index is 9.90. The first-order chi connectivity index (χ1) is 8.98. The van der Waals surface area contributed by atoms with Gasteiger partial charge in [-0.05, 0) is 56.9 Å². The lowest BCUT2D eigenvalue weighted by molar-refractivity contribution is 0.0867. The van der Waals surface area contributed by atoms with Crippen LogP contribution in [-0.2, 0) is 0 Å². The minimum absolute atomic E-state index is 0.220. The number of hydrogen-bond donors (Lipinski definition) is 2. The van der Waals surface area contributed by atoms with Crippen molar-refractivity contribution in [1.29, 1.82) is 0 Å². The van der Waals surface area contributed by atoms with Gasteiger partial charge in [-0.25, -0.2) is 0 Å². The topological polar surface area (TPSA) is 41.5 Å². The Hall–Kier alpha value is -0.770. The molecule has 1 fully saturated rings. The molecule has 19 heavy (non-hydrogen) atoms. The van der Waals surface area contributed by atoms with Crippen molar-refractivity contribution in [1.82, 2.24) is 5.32 Å². The third-order valence-electron chi connectivity index (χ3n) is 3.79. The standard InChI is InChI=1S/C15H22ClNO2/c1-11-8-13(4-5-14(11)16)19-10-12(18)9-17-15(2)6-3-7-15/h4-5,8,12,17-18H,3,6-7,9-10H2,1-2H3. The molecular weight excluding hydrogens is 262 g/mol. The van der Waals surface area contributed by atoms with Gasteiger partial charge in [0.25, 0.3) is 0 Å². The molecule has 0 saturated heterocycles. The molecule has 4 heteroatoms. The molecular formula is C15H22ClNO2. The van der Waals surface area contributed by atoms with Crippen LogP contribution in [0.5, 0.6) is 5.75 Å². The van der Waals surface area contributed by atoms with Crippen LogP contribution in [0, 0.1) is 6.92 Å². The predicted octanol–water partition coefficient (Wildman–Crippen LogP) is 2.92. The summed E-state index contributed by atoms with van der Waals surface area (Å²) in [5, 5.41) is 14.0. The van der Waals surface area contributed by atoms with Gasteiger partial charge in [-0.2, -0.15) is 0 Å². The second-order valence-corrected chi connectivity index (χ2v) is 6.08. The van der Waals surface area contributed by atoms with Crippen LogP contribution in [0.1, 0.15) is 31.7 Å². The molecule has 0 aliphatic heterocycles. The van der Waals surface area contributed by atoms with Gasteiger partial charge in [-0.1, -0.05) is 11.6 Å². The lowest BCUT2D eigenvalue weighted by Crippen LogP contribution is -2.51. The van der Waals surface area contributed by atoms with E-state index in [0.717, 1.165) is 16.3 Å². The summed E-state index contributed by atoms with van der Waals surface area (Å²) >= 11 is 5.95. The van der Waals surface area contributed by atoms with Gasteiger partial charge in [0.15, 0.2) is 0 Å². The highest BCUT2D eigenvalue weighted by molar-refractivity contribution is 6.31. The maximum Gasteiger partial charge on any atom is 0.119 e. The summed E-state index contributed by atoms with van der Waals surface area (Å²) in [6, 6.07) is 5.52. The summed E-state index contributed by atoms with van der Waals surface area (Å²) in [6.07, 6.45) is 3.17. The highest BCUT2D eigenvalue weighted by Gasteiger charge is 2.31. The molecule has 1 aromatic rings. The molecule has 0 heterocycles. The monoisotopic (exact) mass is 283 g/mol. The summed E-state index contributed by atoms with van der Waals surface area (Å²) in [5.74, 6) is 0.746. The Morgan fingerprint density at radius 1 is 1.47 bits per heavy atom. The third-order valence-corrected chi connectivity index (χ3v) is 4.22. The van der Waals surface area contributed by atoms with Crippen LogP contribution in [-0.4, -0.2) is 29.9 Å². The van der Waals surface area contributed by atoms with E-state index in [9.17, 15) is 5.11 Å². The van der Waals surface area contributed by atoms with Crippen molar-refractivity contribution in [3.05, 3.63) is 28.8 Å². The Morgan fingerprint density at radius 3 is 2.79 bits per heavy atom. The molecule has 0 bridgehead atoms. The van der Waals surface area contributed by atoms with E-state index < -0.39 is 6.10 Å². The van der Waals surface area contributed by atoms with Crippen LogP contribution < -0.4 is 10.1 Å². The highest BCUT2D eigenvalue weighted by atomic mass is 35.5. The van der Waals surface area contributed by atoms with Crippen LogP contribution >= 0.6 is 11.6 Å². The van der Waals surface area contributed by atoms with Gasteiger partial charge in [0.05, 0.1) is 0 Å². The van der Waals surface area contributed by atoms with Crippen molar-refractivity contribution >= 4 is 11.6 Å². The lowest BCUT2D eigenvalue weighted by Gasteiger charge is -2.40. The summed E-state index contributed by atoms with van der Waals surface area (Å²) in [4.78, 5) is 0. The number of aryl methyl sites for hydroxylation is 1. The van der Waals surface area contributed by atoms with E-state index in [0.29, 0.717) is 13.2 Å². The quantitative estimate of drug-likeness (QED) is 0.843. The molecule has 2 N–H and O–H groups in total. The molecule has 1 aliphatic carbocycles. The largest absolute Gasteiger partial charge is 0.491 e. The molecule has 1 unspecified atom stereocenters. The van der Waals surface area contributed by atoms with Crippen molar-refractivity contribution in [3.8, 4) is 5.75 Å². The normalized spacial score (nSPS) is 18.7. The average molecular weight is 284 g/mol. The zero-order valence-corrected chi connectivity index (χ0v) is 12.3. The molecule has 0 radical (unpaired) electrons. The molecule has 106 valence electrons. The van der Waals surface area contributed by atoms with Crippen LogP contribution in [0.3, 0.4) is 0 Å².